The summed E-state index contributed by atoms with van der Waals surface area (Å²) in [6.07, 6.45) is 8.32. The standard InChI is InChI=1S/C52H56N8O8/c53-57-55-21-29-61-33-37-65-49-9-1-7-47-45(49)5-3-11-51(47)67-39-35-63-31-27-59-23-17-43(18-24-59)41-13-15-42(16-14-41)44-19-25-60(26-20-44)28-32-64-36-40-68-52-12-4-6-46-48(52)8-2-10-50(46)66-38-34-62-30-22-56-58-54/h1-20,23-26H,21-22,27-40H2/q+2. The van der Waals surface area contributed by atoms with Crippen LogP contribution in [0.2, 0.25) is 0 Å². The monoisotopic (exact) mass is 920 g/mol. The van der Waals surface area contributed by atoms with Gasteiger partial charge >= 0.3 is 0 Å². The molecule has 350 valence electrons. The highest BCUT2D eigenvalue weighted by atomic mass is 16.5. The van der Waals surface area contributed by atoms with E-state index in [4.69, 9.17) is 49.0 Å². The minimum atomic E-state index is 0.300. The van der Waals surface area contributed by atoms with Crippen molar-refractivity contribution in [1.82, 2.24) is 0 Å². The number of rotatable bonds is 30. The average molecular weight is 921 g/mol. The fourth-order valence-corrected chi connectivity index (χ4v) is 7.35. The van der Waals surface area contributed by atoms with Crippen LogP contribution < -0.4 is 28.1 Å². The maximum atomic E-state index is 8.36. The smallest absolute Gasteiger partial charge is 0.171 e. The van der Waals surface area contributed by atoms with Crippen molar-refractivity contribution in [2.45, 2.75) is 13.1 Å². The fourth-order valence-electron chi connectivity index (χ4n) is 7.35. The molecule has 5 aromatic carbocycles. The molecule has 0 aliphatic carbocycles. The van der Waals surface area contributed by atoms with Gasteiger partial charge in [0.25, 0.3) is 0 Å². The molecule has 68 heavy (non-hydrogen) atoms. The van der Waals surface area contributed by atoms with Crippen LogP contribution in [0.15, 0.2) is 156 Å². The zero-order valence-corrected chi connectivity index (χ0v) is 38.0. The highest BCUT2D eigenvalue weighted by Gasteiger charge is 2.11. The topological polar surface area (TPSA) is 179 Å². The van der Waals surface area contributed by atoms with Gasteiger partial charge in [-0.2, -0.15) is 0 Å². The Hall–Kier alpha value is -7.42. The molecule has 0 fully saturated rings. The lowest BCUT2D eigenvalue weighted by molar-refractivity contribution is -0.698. The van der Waals surface area contributed by atoms with E-state index in [-0.39, 0.29) is 0 Å². The van der Waals surface area contributed by atoms with Gasteiger partial charge in [0.15, 0.2) is 37.9 Å². The van der Waals surface area contributed by atoms with Gasteiger partial charge in [0, 0.05) is 68.7 Å². The van der Waals surface area contributed by atoms with Gasteiger partial charge in [-0.15, -0.1) is 0 Å². The minimum absolute atomic E-state index is 0.300. The quantitative estimate of drug-likeness (QED) is 0.0141. The number of nitrogens with zero attached hydrogens (tertiary/aromatic N) is 8. The van der Waals surface area contributed by atoms with Crippen LogP contribution in [0.3, 0.4) is 0 Å². The molecule has 0 bridgehead atoms. The van der Waals surface area contributed by atoms with E-state index in [0.29, 0.717) is 92.4 Å². The first kappa shape index (κ1) is 48.5. The molecule has 0 unspecified atom stereocenters. The lowest BCUT2D eigenvalue weighted by Gasteiger charge is -2.13. The molecule has 0 N–H and O–H groups in total. The summed E-state index contributed by atoms with van der Waals surface area (Å²) in [7, 11) is 0. The molecule has 2 aromatic heterocycles. The lowest BCUT2D eigenvalue weighted by atomic mass is 10.0. The van der Waals surface area contributed by atoms with Gasteiger partial charge in [0.1, 0.15) is 62.6 Å². The number of ether oxygens (including phenoxy) is 8. The number of benzene rings is 5. The predicted octanol–water partition coefficient (Wildman–Crippen LogP) is 9.50. The summed E-state index contributed by atoms with van der Waals surface area (Å²) in [6.45, 7) is 7.25. The van der Waals surface area contributed by atoms with Gasteiger partial charge in [-0.1, -0.05) is 83.0 Å². The Labute approximate surface area is 395 Å². The normalized spacial score (nSPS) is 10.9. The van der Waals surface area contributed by atoms with Crippen LogP contribution in [-0.2, 0) is 32.0 Å². The van der Waals surface area contributed by atoms with E-state index in [2.05, 4.69) is 103 Å². The summed E-state index contributed by atoms with van der Waals surface area (Å²) in [4.78, 5) is 5.44. The third-order valence-electron chi connectivity index (χ3n) is 10.7. The molecule has 7 aromatic rings. The zero-order valence-electron chi connectivity index (χ0n) is 38.0. The number of pyridine rings is 2. The molecule has 0 spiro atoms. The van der Waals surface area contributed by atoms with Gasteiger partial charge < -0.3 is 37.9 Å². The van der Waals surface area contributed by atoms with Crippen LogP contribution in [0.4, 0.5) is 0 Å². The molecule has 0 aliphatic heterocycles. The van der Waals surface area contributed by atoms with Crippen LogP contribution in [0, 0.1) is 0 Å². The largest absolute Gasteiger partial charge is 0.491 e. The molecule has 0 aliphatic rings. The highest BCUT2D eigenvalue weighted by Crippen LogP contribution is 2.33. The maximum Gasteiger partial charge on any atom is 0.171 e. The Morgan fingerprint density at radius 3 is 0.941 bits per heavy atom. The molecule has 0 atom stereocenters. The van der Waals surface area contributed by atoms with Crippen LogP contribution in [-0.4, -0.2) is 92.4 Å². The van der Waals surface area contributed by atoms with E-state index in [1.807, 2.05) is 72.8 Å². The van der Waals surface area contributed by atoms with E-state index >= 15 is 0 Å². The SMILES string of the molecule is [N-]=[N+]=NCCOCCOc1cccc2c(OCCOCC[n+]3ccc(-c4ccc(-c5cc[n+](CCOCCOc6cccc7c(OCCOCCN=[N+]=[N-])cccc67)cc5)cc4)cc3)cccc12. The number of azide groups is 2. The maximum absolute atomic E-state index is 8.36. The van der Waals surface area contributed by atoms with E-state index in [1.165, 1.54) is 0 Å². The summed E-state index contributed by atoms with van der Waals surface area (Å²) in [5.74, 6) is 3.06. The number of hydrogen-bond acceptors (Lipinski definition) is 10. The fraction of sp³-hybridized carbons (Fsp3) is 0.308. The van der Waals surface area contributed by atoms with Crippen molar-refractivity contribution in [3.63, 3.8) is 0 Å². The Morgan fingerprint density at radius 2 is 0.632 bits per heavy atom. The van der Waals surface area contributed by atoms with Gasteiger partial charge in [0.05, 0.1) is 39.6 Å². The molecule has 7 rings (SSSR count). The number of fused-ring (bicyclic) bond motifs is 2. The van der Waals surface area contributed by atoms with Crippen LogP contribution >= 0.6 is 0 Å². The molecule has 0 saturated carbocycles. The van der Waals surface area contributed by atoms with Gasteiger partial charge in [-0.05, 0) is 57.6 Å². The van der Waals surface area contributed by atoms with Crippen molar-refractivity contribution in [3.8, 4) is 45.3 Å². The Morgan fingerprint density at radius 1 is 0.338 bits per heavy atom. The summed E-state index contributed by atoms with van der Waals surface area (Å²) in [5.41, 5.74) is 21.3. The van der Waals surface area contributed by atoms with Gasteiger partial charge in [-0.25, -0.2) is 9.13 Å². The summed E-state index contributed by atoms with van der Waals surface area (Å²) in [5, 5.41) is 10.8. The van der Waals surface area contributed by atoms with Crippen molar-refractivity contribution in [2.24, 2.45) is 10.2 Å². The first-order valence-corrected chi connectivity index (χ1v) is 22.7. The molecule has 16 nitrogen and oxygen atoms in total. The Balaban J connectivity index is 0.771. The number of hydrogen-bond donors (Lipinski definition) is 0. The van der Waals surface area contributed by atoms with Gasteiger partial charge in [0.2, 0.25) is 0 Å². The summed E-state index contributed by atoms with van der Waals surface area (Å²) < 4.78 is 51.1. The van der Waals surface area contributed by atoms with Crippen LogP contribution in [0.1, 0.15) is 0 Å². The molecular weight excluding hydrogens is 865 g/mol. The first-order valence-electron chi connectivity index (χ1n) is 22.7. The van der Waals surface area contributed by atoms with Crippen molar-refractivity contribution >= 4 is 21.5 Å². The highest BCUT2D eigenvalue weighted by molar-refractivity contribution is 5.94. The molecular formula is C52H56N8O8+2. The summed E-state index contributed by atoms with van der Waals surface area (Å²) in [6, 6.07) is 40.8. The molecule has 2 heterocycles. The van der Waals surface area contributed by atoms with Gasteiger partial charge in [-0.3, -0.25) is 0 Å². The average Bonchev–Trinajstić information content (AvgIpc) is 3.38. The van der Waals surface area contributed by atoms with Crippen LogP contribution in [0.25, 0.3) is 64.7 Å². The zero-order chi connectivity index (χ0) is 46.9. The third kappa shape index (κ3) is 14.8. The second kappa shape index (κ2) is 27.3. The Bertz CT molecular complexity index is 2540. The van der Waals surface area contributed by atoms with Crippen molar-refractivity contribution in [1.29, 1.82) is 0 Å². The minimum Gasteiger partial charge on any atom is -0.491 e. The third-order valence-corrected chi connectivity index (χ3v) is 10.7. The van der Waals surface area contributed by atoms with Crippen molar-refractivity contribution in [2.75, 3.05) is 92.4 Å². The summed E-state index contributed by atoms with van der Waals surface area (Å²) >= 11 is 0. The van der Waals surface area contributed by atoms with Crippen molar-refractivity contribution < 1.29 is 47.0 Å². The first-order chi connectivity index (χ1) is 33.7. The van der Waals surface area contributed by atoms with Crippen molar-refractivity contribution in [3.05, 3.63) is 167 Å². The molecule has 0 radical (unpaired) electrons. The molecule has 16 heteroatoms. The Kier molecular flexibility index (Phi) is 19.5. The molecule has 0 amide bonds. The number of aromatic nitrogens is 2. The molecule has 0 saturated heterocycles. The lowest BCUT2D eigenvalue weighted by Crippen LogP contribution is -2.35. The predicted molar refractivity (Wildman–Crippen MR) is 259 cm³/mol. The van der Waals surface area contributed by atoms with E-state index in [0.717, 1.165) is 79.9 Å². The van der Waals surface area contributed by atoms with E-state index in [1.54, 1.807) is 0 Å². The second-order valence-electron chi connectivity index (χ2n) is 15.2. The van der Waals surface area contributed by atoms with E-state index < -0.39 is 0 Å². The van der Waals surface area contributed by atoms with E-state index in [9.17, 15) is 0 Å². The second-order valence-corrected chi connectivity index (χ2v) is 15.2. The van der Waals surface area contributed by atoms with Crippen LogP contribution in [0.5, 0.6) is 23.0 Å².